The molecule has 34 heavy (non-hydrogen) atoms. The molecule has 1 amide bonds. The molecule has 0 atom stereocenters. The quantitative estimate of drug-likeness (QED) is 0.241. The number of aryl methyl sites for hydroxylation is 1. The number of hydrogen-bond acceptors (Lipinski definition) is 3. The Kier molecular flexibility index (Phi) is 5.93. The van der Waals surface area contributed by atoms with Gasteiger partial charge in [-0.05, 0) is 65.2 Å². The van der Waals surface area contributed by atoms with E-state index in [1.54, 1.807) is 29.1 Å². The summed E-state index contributed by atoms with van der Waals surface area (Å²) >= 11 is 5.91. The maximum Gasteiger partial charge on any atom is 0.291 e. The molecule has 0 aliphatic heterocycles. The van der Waals surface area contributed by atoms with Crippen molar-refractivity contribution < 1.29 is 4.79 Å². The number of hydrazone groups is 1. The summed E-state index contributed by atoms with van der Waals surface area (Å²) < 4.78 is 1.80. The van der Waals surface area contributed by atoms with Gasteiger partial charge >= 0.3 is 0 Å². The molecule has 1 heterocycles. The summed E-state index contributed by atoms with van der Waals surface area (Å²) in [5.41, 5.74) is 7.45. The fourth-order valence-corrected chi connectivity index (χ4v) is 3.90. The van der Waals surface area contributed by atoms with Gasteiger partial charge in [0.1, 0.15) is 0 Å². The number of aromatic nitrogens is 2. The maximum atomic E-state index is 12.9. The Morgan fingerprint density at radius 1 is 0.912 bits per heavy atom. The van der Waals surface area contributed by atoms with E-state index in [4.69, 9.17) is 11.6 Å². The van der Waals surface area contributed by atoms with E-state index in [9.17, 15) is 4.79 Å². The summed E-state index contributed by atoms with van der Waals surface area (Å²) in [6, 6.07) is 31.4. The molecule has 5 nitrogen and oxygen atoms in total. The molecule has 0 saturated carbocycles. The zero-order valence-corrected chi connectivity index (χ0v) is 19.2. The SMILES string of the molecule is Cc1cccc(-n2nc(C(=O)N/N=C\c3ccc(Cl)cc3)cc2-c2ccc3ccccc3c2)c1. The fraction of sp³-hybridized carbons (Fsp3) is 0.0357. The third kappa shape index (κ3) is 4.60. The van der Waals surface area contributed by atoms with Crippen molar-refractivity contribution in [2.45, 2.75) is 6.92 Å². The molecular formula is C28H21ClN4O. The van der Waals surface area contributed by atoms with Crippen LogP contribution in [0.1, 0.15) is 21.6 Å². The standard InChI is InChI=1S/C28H21ClN4O/c1-19-5-4-8-25(15-19)33-27(23-12-11-21-6-2-3-7-22(21)16-23)17-26(32-33)28(34)31-30-18-20-9-13-24(29)14-10-20/h2-18H,1H3,(H,31,34)/b30-18-. The lowest BCUT2D eigenvalue weighted by Gasteiger charge is -2.09. The first-order valence-corrected chi connectivity index (χ1v) is 11.2. The van der Waals surface area contributed by atoms with E-state index in [1.807, 2.05) is 61.5 Å². The van der Waals surface area contributed by atoms with Crippen LogP contribution >= 0.6 is 11.6 Å². The van der Waals surface area contributed by atoms with E-state index < -0.39 is 5.91 Å². The maximum absolute atomic E-state index is 12.9. The van der Waals surface area contributed by atoms with Gasteiger partial charge in [0, 0.05) is 10.6 Å². The molecule has 0 radical (unpaired) electrons. The molecule has 0 unspecified atom stereocenters. The third-order valence-electron chi connectivity index (χ3n) is 5.48. The van der Waals surface area contributed by atoms with Crippen molar-refractivity contribution >= 4 is 34.5 Å². The van der Waals surface area contributed by atoms with E-state index in [2.05, 4.69) is 39.9 Å². The molecule has 0 aliphatic carbocycles. The average molecular weight is 465 g/mol. The fourth-order valence-electron chi connectivity index (χ4n) is 3.77. The van der Waals surface area contributed by atoms with Crippen LogP contribution in [0.25, 0.3) is 27.7 Å². The molecule has 0 saturated heterocycles. The first-order valence-electron chi connectivity index (χ1n) is 10.8. The van der Waals surface area contributed by atoms with Crippen LogP contribution in [0.2, 0.25) is 5.02 Å². The Hall–Kier alpha value is -4.22. The van der Waals surface area contributed by atoms with Crippen LogP contribution in [0.3, 0.4) is 0 Å². The highest BCUT2D eigenvalue weighted by atomic mass is 35.5. The van der Waals surface area contributed by atoms with Crippen LogP contribution in [0, 0.1) is 6.92 Å². The Labute approximate surface area is 202 Å². The smallest absolute Gasteiger partial charge is 0.265 e. The van der Waals surface area contributed by atoms with Crippen LogP contribution in [0.4, 0.5) is 0 Å². The van der Waals surface area contributed by atoms with Crippen molar-refractivity contribution in [2.24, 2.45) is 5.10 Å². The lowest BCUT2D eigenvalue weighted by atomic mass is 10.0. The zero-order chi connectivity index (χ0) is 23.5. The van der Waals surface area contributed by atoms with Gasteiger partial charge in [-0.1, -0.05) is 72.3 Å². The van der Waals surface area contributed by atoms with Crippen LogP contribution in [0.15, 0.2) is 102 Å². The van der Waals surface area contributed by atoms with Crippen molar-refractivity contribution in [3.63, 3.8) is 0 Å². The van der Waals surface area contributed by atoms with E-state index in [-0.39, 0.29) is 5.69 Å². The monoisotopic (exact) mass is 464 g/mol. The van der Waals surface area contributed by atoms with Crippen LogP contribution < -0.4 is 5.43 Å². The summed E-state index contributed by atoms with van der Waals surface area (Å²) in [7, 11) is 0. The predicted molar refractivity (Wildman–Crippen MR) is 138 cm³/mol. The average Bonchev–Trinajstić information content (AvgIpc) is 3.31. The Balaban J connectivity index is 1.50. The second-order valence-corrected chi connectivity index (χ2v) is 8.41. The highest BCUT2D eigenvalue weighted by Crippen LogP contribution is 2.28. The molecule has 0 fully saturated rings. The van der Waals surface area contributed by atoms with Crippen LogP contribution in [-0.4, -0.2) is 21.9 Å². The summed E-state index contributed by atoms with van der Waals surface area (Å²) in [5, 5.41) is 11.6. The zero-order valence-electron chi connectivity index (χ0n) is 18.4. The third-order valence-corrected chi connectivity index (χ3v) is 5.74. The van der Waals surface area contributed by atoms with Gasteiger partial charge in [0.15, 0.2) is 5.69 Å². The van der Waals surface area contributed by atoms with Crippen LogP contribution in [-0.2, 0) is 0 Å². The second-order valence-electron chi connectivity index (χ2n) is 7.98. The number of nitrogens with one attached hydrogen (secondary N) is 1. The number of hydrogen-bond donors (Lipinski definition) is 1. The number of amides is 1. The number of halogens is 1. The summed E-state index contributed by atoms with van der Waals surface area (Å²) in [6.07, 6.45) is 1.57. The Morgan fingerprint density at radius 2 is 1.71 bits per heavy atom. The topological polar surface area (TPSA) is 59.3 Å². The summed E-state index contributed by atoms with van der Waals surface area (Å²) in [4.78, 5) is 12.9. The highest BCUT2D eigenvalue weighted by Gasteiger charge is 2.17. The number of benzene rings is 4. The van der Waals surface area contributed by atoms with Gasteiger partial charge in [-0.15, -0.1) is 0 Å². The Bertz CT molecular complexity index is 1520. The first kappa shape index (κ1) is 21.6. The summed E-state index contributed by atoms with van der Waals surface area (Å²) in [6.45, 7) is 2.03. The van der Waals surface area contributed by atoms with Crippen molar-refractivity contribution in [3.05, 3.63) is 119 Å². The molecule has 1 aromatic heterocycles. The minimum atomic E-state index is -0.390. The van der Waals surface area contributed by atoms with E-state index in [0.29, 0.717) is 5.02 Å². The van der Waals surface area contributed by atoms with Gasteiger partial charge in [-0.3, -0.25) is 4.79 Å². The summed E-state index contributed by atoms with van der Waals surface area (Å²) in [5.74, 6) is -0.390. The number of nitrogens with zero attached hydrogens (tertiary/aromatic N) is 3. The number of fused-ring (bicyclic) bond motifs is 1. The minimum absolute atomic E-state index is 0.276. The minimum Gasteiger partial charge on any atom is -0.265 e. The molecule has 6 heteroatoms. The molecular weight excluding hydrogens is 444 g/mol. The number of carbonyl (C=O) groups excluding carboxylic acids is 1. The normalized spacial score (nSPS) is 11.2. The van der Waals surface area contributed by atoms with E-state index >= 15 is 0 Å². The van der Waals surface area contributed by atoms with E-state index in [0.717, 1.165) is 38.8 Å². The van der Waals surface area contributed by atoms with Crippen molar-refractivity contribution in [3.8, 4) is 16.9 Å². The number of rotatable bonds is 5. The molecule has 4 aromatic carbocycles. The molecule has 5 rings (SSSR count). The molecule has 0 aliphatic rings. The predicted octanol–water partition coefficient (Wildman–Crippen LogP) is 6.42. The van der Waals surface area contributed by atoms with Crippen molar-refractivity contribution in [1.29, 1.82) is 0 Å². The highest BCUT2D eigenvalue weighted by molar-refractivity contribution is 6.30. The molecule has 0 bridgehead atoms. The molecule has 5 aromatic rings. The Morgan fingerprint density at radius 3 is 2.50 bits per heavy atom. The number of carbonyl (C=O) groups is 1. The van der Waals surface area contributed by atoms with Crippen molar-refractivity contribution in [2.75, 3.05) is 0 Å². The molecule has 1 N–H and O–H groups in total. The van der Waals surface area contributed by atoms with Crippen molar-refractivity contribution in [1.82, 2.24) is 15.2 Å². The molecule has 0 spiro atoms. The van der Waals surface area contributed by atoms with Gasteiger partial charge in [0.25, 0.3) is 5.91 Å². The molecule has 166 valence electrons. The van der Waals surface area contributed by atoms with Gasteiger partial charge in [0.05, 0.1) is 17.6 Å². The largest absolute Gasteiger partial charge is 0.291 e. The van der Waals surface area contributed by atoms with Gasteiger partial charge in [-0.2, -0.15) is 10.2 Å². The lowest BCUT2D eigenvalue weighted by Crippen LogP contribution is -2.18. The first-order chi connectivity index (χ1) is 16.6. The second kappa shape index (κ2) is 9.33. The van der Waals surface area contributed by atoms with E-state index in [1.165, 1.54) is 0 Å². The van der Waals surface area contributed by atoms with Gasteiger partial charge in [0.2, 0.25) is 0 Å². The van der Waals surface area contributed by atoms with Crippen LogP contribution in [0.5, 0.6) is 0 Å². The lowest BCUT2D eigenvalue weighted by molar-refractivity contribution is 0.0949. The van der Waals surface area contributed by atoms with Gasteiger partial charge < -0.3 is 0 Å². The van der Waals surface area contributed by atoms with Gasteiger partial charge in [-0.25, -0.2) is 10.1 Å².